The van der Waals surface area contributed by atoms with Crippen LogP contribution in [0.3, 0.4) is 0 Å². The number of benzene rings is 2. The number of hydrogen-bond donors (Lipinski definition) is 1. The van der Waals surface area contributed by atoms with Gasteiger partial charge in [-0.2, -0.15) is 0 Å². The lowest BCUT2D eigenvalue weighted by Crippen LogP contribution is -2.18. The number of aromatic amines is 1. The fourth-order valence-corrected chi connectivity index (χ4v) is 3.20. The predicted molar refractivity (Wildman–Crippen MR) is 98.1 cm³/mol. The van der Waals surface area contributed by atoms with Gasteiger partial charge in [0, 0.05) is 24.6 Å². The number of aryl methyl sites for hydroxylation is 1. The van der Waals surface area contributed by atoms with Crippen molar-refractivity contribution >= 4 is 27.5 Å². The molecule has 120 valence electrons. The molecule has 2 heterocycles. The number of hydrogen-bond acceptors (Lipinski definition) is 2. The van der Waals surface area contributed by atoms with Crippen LogP contribution in [0.2, 0.25) is 0 Å². The van der Waals surface area contributed by atoms with E-state index in [9.17, 15) is 0 Å². The fraction of sp³-hybridized carbons (Fsp3) is 0.190. The summed E-state index contributed by atoms with van der Waals surface area (Å²) in [6.45, 7) is 2.23. The van der Waals surface area contributed by atoms with Gasteiger partial charge in [0.2, 0.25) is 11.0 Å². The molecule has 3 nitrogen and oxygen atoms in total. The highest BCUT2D eigenvalue weighted by Gasteiger charge is 2.15. The molecule has 0 saturated carbocycles. The van der Waals surface area contributed by atoms with Crippen LogP contribution in [-0.4, -0.2) is 6.04 Å². The number of pyridine rings is 1. The van der Waals surface area contributed by atoms with E-state index in [0.29, 0.717) is 6.04 Å². The first-order valence-corrected chi connectivity index (χ1v) is 8.43. The number of para-hydroxylation sites is 2. The van der Waals surface area contributed by atoms with E-state index < -0.39 is 0 Å². The van der Waals surface area contributed by atoms with Crippen molar-refractivity contribution in [1.82, 2.24) is 0 Å². The lowest BCUT2D eigenvalue weighted by atomic mass is 10.1. The minimum atomic E-state index is 0.351. The number of aromatic nitrogens is 1. The molecule has 2 aromatic carbocycles. The quantitative estimate of drug-likeness (QED) is 0.535. The SMILES string of the molecule is C[C@@H](CCc1ccco1)Nc1c2ccccc2[nH+]c2ccccc12. The number of H-pyrrole nitrogens is 1. The van der Waals surface area contributed by atoms with Crippen LogP contribution in [-0.2, 0) is 6.42 Å². The molecule has 24 heavy (non-hydrogen) atoms. The molecule has 0 radical (unpaired) electrons. The first-order chi connectivity index (χ1) is 11.8. The third kappa shape index (κ3) is 2.85. The number of nitrogens with one attached hydrogen (secondary N) is 2. The van der Waals surface area contributed by atoms with Gasteiger partial charge in [-0.25, -0.2) is 4.98 Å². The molecule has 0 bridgehead atoms. The van der Waals surface area contributed by atoms with E-state index in [1.54, 1.807) is 6.26 Å². The van der Waals surface area contributed by atoms with E-state index >= 15 is 0 Å². The Kier molecular flexibility index (Phi) is 3.91. The molecule has 0 aliphatic carbocycles. The van der Waals surface area contributed by atoms with E-state index in [1.165, 1.54) is 16.5 Å². The second-order valence-electron chi connectivity index (χ2n) is 6.25. The molecule has 2 N–H and O–H groups in total. The van der Waals surface area contributed by atoms with Crippen molar-refractivity contribution in [2.75, 3.05) is 5.32 Å². The Morgan fingerprint density at radius 1 is 0.917 bits per heavy atom. The highest BCUT2D eigenvalue weighted by Crippen LogP contribution is 2.29. The van der Waals surface area contributed by atoms with Crippen LogP contribution in [0, 0.1) is 0 Å². The van der Waals surface area contributed by atoms with Crippen LogP contribution < -0.4 is 10.3 Å². The van der Waals surface area contributed by atoms with Gasteiger partial charge in [0.15, 0.2) is 0 Å². The highest BCUT2D eigenvalue weighted by molar-refractivity contribution is 6.04. The summed E-state index contributed by atoms with van der Waals surface area (Å²) in [7, 11) is 0. The Labute approximate surface area is 141 Å². The van der Waals surface area contributed by atoms with E-state index in [1.807, 2.05) is 12.1 Å². The summed E-state index contributed by atoms with van der Waals surface area (Å²) in [5, 5.41) is 6.18. The van der Waals surface area contributed by atoms with Crippen molar-refractivity contribution in [3.63, 3.8) is 0 Å². The zero-order valence-corrected chi connectivity index (χ0v) is 13.8. The monoisotopic (exact) mass is 317 g/mol. The number of fused-ring (bicyclic) bond motifs is 2. The van der Waals surface area contributed by atoms with Gasteiger partial charge in [-0.15, -0.1) is 0 Å². The zero-order chi connectivity index (χ0) is 16.4. The highest BCUT2D eigenvalue weighted by atomic mass is 16.3. The molecule has 2 aromatic heterocycles. The summed E-state index contributed by atoms with van der Waals surface area (Å²) < 4.78 is 5.44. The van der Waals surface area contributed by atoms with Gasteiger partial charge in [-0.1, -0.05) is 24.3 Å². The van der Waals surface area contributed by atoms with Crippen molar-refractivity contribution in [2.24, 2.45) is 0 Å². The van der Waals surface area contributed by atoms with Gasteiger partial charge in [-0.3, -0.25) is 0 Å². The maximum atomic E-state index is 5.44. The molecule has 0 saturated heterocycles. The zero-order valence-electron chi connectivity index (χ0n) is 13.8. The predicted octanol–water partition coefficient (Wildman–Crippen LogP) is 4.83. The van der Waals surface area contributed by atoms with Gasteiger partial charge < -0.3 is 9.73 Å². The lowest BCUT2D eigenvalue weighted by molar-refractivity contribution is -0.310. The minimum Gasteiger partial charge on any atom is -0.469 e. The van der Waals surface area contributed by atoms with Gasteiger partial charge >= 0.3 is 0 Å². The summed E-state index contributed by atoms with van der Waals surface area (Å²) in [4.78, 5) is 3.52. The van der Waals surface area contributed by atoms with E-state index in [0.717, 1.165) is 29.6 Å². The molecule has 1 atom stereocenters. The Balaban J connectivity index is 1.68. The lowest BCUT2D eigenvalue weighted by Gasteiger charge is -2.17. The average Bonchev–Trinajstić information content (AvgIpc) is 3.13. The van der Waals surface area contributed by atoms with E-state index in [-0.39, 0.29) is 0 Å². The summed E-state index contributed by atoms with van der Waals surface area (Å²) in [6.07, 6.45) is 3.70. The first kappa shape index (κ1) is 14.8. The van der Waals surface area contributed by atoms with Crippen LogP contribution in [0.25, 0.3) is 21.8 Å². The first-order valence-electron chi connectivity index (χ1n) is 8.43. The standard InChI is InChI=1S/C21H20N2O/c1-15(12-13-16-7-6-14-24-16)22-21-17-8-2-4-10-19(17)23-20-11-5-3-9-18(20)21/h2-11,14-15H,12-13H2,1H3,(H,22,23)/p+1/t15-/m0/s1. The maximum Gasteiger partial charge on any atom is 0.213 e. The summed E-state index contributed by atoms with van der Waals surface area (Å²) in [5.41, 5.74) is 3.50. The second-order valence-corrected chi connectivity index (χ2v) is 6.25. The average molecular weight is 317 g/mol. The van der Waals surface area contributed by atoms with Gasteiger partial charge in [0.1, 0.15) is 5.76 Å². The Bertz CT molecular complexity index is 906. The van der Waals surface area contributed by atoms with Crippen LogP contribution in [0.15, 0.2) is 71.3 Å². The maximum absolute atomic E-state index is 5.44. The van der Waals surface area contributed by atoms with Crippen LogP contribution in [0.4, 0.5) is 5.69 Å². The molecule has 3 heteroatoms. The molecule has 0 spiro atoms. The Morgan fingerprint density at radius 2 is 1.58 bits per heavy atom. The molecule has 0 aliphatic heterocycles. The summed E-state index contributed by atoms with van der Waals surface area (Å²) >= 11 is 0. The van der Waals surface area contributed by atoms with Crippen molar-refractivity contribution in [2.45, 2.75) is 25.8 Å². The van der Waals surface area contributed by atoms with Crippen LogP contribution in [0.1, 0.15) is 19.1 Å². The van der Waals surface area contributed by atoms with Gasteiger partial charge in [0.05, 0.1) is 22.7 Å². The minimum absolute atomic E-state index is 0.351. The number of furan rings is 1. The van der Waals surface area contributed by atoms with Crippen molar-refractivity contribution in [1.29, 1.82) is 0 Å². The van der Waals surface area contributed by atoms with Crippen LogP contribution in [0.5, 0.6) is 0 Å². The van der Waals surface area contributed by atoms with E-state index in [2.05, 4.69) is 65.8 Å². The fourth-order valence-electron chi connectivity index (χ4n) is 3.20. The smallest absolute Gasteiger partial charge is 0.213 e. The second kappa shape index (κ2) is 6.36. The molecule has 0 unspecified atom stereocenters. The number of rotatable bonds is 5. The van der Waals surface area contributed by atoms with Crippen LogP contribution >= 0.6 is 0 Å². The van der Waals surface area contributed by atoms with Crippen molar-refractivity contribution in [3.05, 3.63) is 72.7 Å². The van der Waals surface area contributed by atoms with Crippen molar-refractivity contribution in [3.8, 4) is 0 Å². The third-order valence-corrected chi connectivity index (χ3v) is 4.46. The van der Waals surface area contributed by atoms with Gasteiger partial charge in [-0.05, 0) is 37.6 Å². The molecule has 4 rings (SSSR count). The summed E-state index contributed by atoms with van der Waals surface area (Å²) in [5.74, 6) is 1.04. The molecular formula is C21H21N2O+. The Morgan fingerprint density at radius 3 is 2.21 bits per heavy atom. The largest absolute Gasteiger partial charge is 0.469 e. The van der Waals surface area contributed by atoms with Gasteiger partial charge in [0.25, 0.3) is 0 Å². The molecule has 0 fully saturated rings. The number of anilines is 1. The molecular weight excluding hydrogens is 296 g/mol. The third-order valence-electron chi connectivity index (χ3n) is 4.46. The normalized spacial score (nSPS) is 12.5. The molecule has 4 aromatic rings. The van der Waals surface area contributed by atoms with Crippen molar-refractivity contribution < 1.29 is 9.40 Å². The molecule has 0 aliphatic rings. The summed E-state index contributed by atoms with van der Waals surface area (Å²) in [6, 6.07) is 21.2. The topological polar surface area (TPSA) is 39.3 Å². The molecule has 0 amide bonds. The van der Waals surface area contributed by atoms with E-state index in [4.69, 9.17) is 4.42 Å². The Hall–Kier alpha value is -2.81.